The molecule has 2 unspecified atom stereocenters. The van der Waals surface area contributed by atoms with Crippen molar-refractivity contribution >= 4 is 35.6 Å². The van der Waals surface area contributed by atoms with Gasteiger partial charge in [0.1, 0.15) is 0 Å². The van der Waals surface area contributed by atoms with E-state index in [2.05, 4.69) is 17.1 Å². The van der Waals surface area contributed by atoms with E-state index in [1.165, 1.54) is 0 Å². The number of halogens is 2. The number of rotatable bonds is 4. The van der Waals surface area contributed by atoms with Gasteiger partial charge in [0.25, 0.3) is 0 Å². The van der Waals surface area contributed by atoms with E-state index in [1.807, 2.05) is 19.1 Å². The van der Waals surface area contributed by atoms with Gasteiger partial charge in [0.15, 0.2) is 0 Å². The van der Waals surface area contributed by atoms with Gasteiger partial charge in [-0.2, -0.15) is 0 Å². The molecule has 0 aliphatic carbocycles. The van der Waals surface area contributed by atoms with Crippen molar-refractivity contribution in [2.75, 3.05) is 25.0 Å². The predicted octanol–water partition coefficient (Wildman–Crippen LogP) is 2.68. The molecule has 0 aromatic heterocycles. The fraction of sp³-hybridized carbons (Fsp3) is 0.533. The quantitative estimate of drug-likeness (QED) is 0.891. The SMILES string of the molecule is Cc1ccc(Cl)cc1NC(=O)CN1CC(CN)CC1C.Cl. The Morgan fingerprint density at radius 3 is 2.86 bits per heavy atom. The topological polar surface area (TPSA) is 58.4 Å². The van der Waals surface area contributed by atoms with Crippen molar-refractivity contribution in [1.29, 1.82) is 0 Å². The third kappa shape index (κ3) is 4.85. The van der Waals surface area contributed by atoms with Gasteiger partial charge in [-0.1, -0.05) is 17.7 Å². The van der Waals surface area contributed by atoms with Gasteiger partial charge in [-0.15, -0.1) is 12.4 Å². The van der Waals surface area contributed by atoms with Gasteiger partial charge in [0.2, 0.25) is 5.91 Å². The summed E-state index contributed by atoms with van der Waals surface area (Å²) >= 11 is 5.96. The molecule has 1 fully saturated rings. The Balaban J connectivity index is 0.00000220. The summed E-state index contributed by atoms with van der Waals surface area (Å²) in [4.78, 5) is 14.3. The number of nitrogens with two attached hydrogens (primary N) is 1. The number of amides is 1. The molecule has 1 amide bonds. The van der Waals surface area contributed by atoms with E-state index in [1.54, 1.807) is 6.07 Å². The van der Waals surface area contributed by atoms with Crippen LogP contribution in [-0.2, 0) is 4.79 Å². The Kier molecular flexibility index (Phi) is 6.94. The number of carbonyl (C=O) groups is 1. The van der Waals surface area contributed by atoms with Gasteiger partial charge in [0.05, 0.1) is 6.54 Å². The Hall–Kier alpha value is -0.810. The Labute approximate surface area is 137 Å². The van der Waals surface area contributed by atoms with Crippen LogP contribution in [0, 0.1) is 12.8 Å². The summed E-state index contributed by atoms with van der Waals surface area (Å²) in [5.41, 5.74) is 7.50. The van der Waals surface area contributed by atoms with Crippen molar-refractivity contribution in [2.45, 2.75) is 26.3 Å². The minimum absolute atomic E-state index is 0. The summed E-state index contributed by atoms with van der Waals surface area (Å²) in [5.74, 6) is 0.505. The molecule has 0 spiro atoms. The number of hydrogen-bond donors (Lipinski definition) is 2. The van der Waals surface area contributed by atoms with Crippen LogP contribution in [0.2, 0.25) is 5.02 Å². The standard InChI is InChI=1S/C15H22ClN3O.ClH/c1-10-3-4-13(16)6-14(10)18-15(20)9-19-8-12(7-17)5-11(19)2;/h3-4,6,11-12H,5,7-9,17H2,1-2H3,(H,18,20);1H. The summed E-state index contributed by atoms with van der Waals surface area (Å²) in [6.07, 6.45) is 1.07. The molecule has 0 radical (unpaired) electrons. The lowest BCUT2D eigenvalue weighted by molar-refractivity contribution is -0.117. The molecule has 2 rings (SSSR count). The Morgan fingerprint density at radius 2 is 2.24 bits per heavy atom. The lowest BCUT2D eigenvalue weighted by Gasteiger charge is -2.20. The van der Waals surface area contributed by atoms with Gasteiger partial charge < -0.3 is 11.1 Å². The fourth-order valence-electron chi connectivity index (χ4n) is 2.71. The van der Waals surface area contributed by atoms with Crippen LogP contribution in [0.3, 0.4) is 0 Å². The van der Waals surface area contributed by atoms with Crippen LogP contribution in [0.25, 0.3) is 0 Å². The summed E-state index contributed by atoms with van der Waals surface area (Å²) in [6.45, 7) is 6.10. The van der Waals surface area contributed by atoms with Gasteiger partial charge >= 0.3 is 0 Å². The molecule has 3 N–H and O–H groups in total. The number of nitrogens with one attached hydrogen (secondary N) is 1. The molecule has 6 heteroatoms. The number of carbonyl (C=O) groups excluding carboxylic acids is 1. The van der Waals surface area contributed by atoms with Crippen molar-refractivity contribution < 1.29 is 4.79 Å². The first-order valence-electron chi connectivity index (χ1n) is 6.99. The van der Waals surface area contributed by atoms with Gasteiger partial charge in [-0.3, -0.25) is 9.69 Å². The maximum atomic E-state index is 12.1. The maximum absolute atomic E-state index is 12.1. The van der Waals surface area contributed by atoms with E-state index in [-0.39, 0.29) is 18.3 Å². The highest BCUT2D eigenvalue weighted by Crippen LogP contribution is 2.23. The number of nitrogens with zero attached hydrogens (tertiary/aromatic N) is 1. The summed E-state index contributed by atoms with van der Waals surface area (Å²) in [6, 6.07) is 5.92. The molecule has 1 aliphatic heterocycles. The average molecular weight is 332 g/mol. The van der Waals surface area contributed by atoms with E-state index in [9.17, 15) is 4.79 Å². The highest BCUT2D eigenvalue weighted by Gasteiger charge is 2.29. The molecule has 1 saturated heterocycles. The Bertz CT molecular complexity index is 496. The zero-order valence-corrected chi connectivity index (χ0v) is 14.0. The van der Waals surface area contributed by atoms with Crippen LogP contribution in [0.5, 0.6) is 0 Å². The molecule has 0 bridgehead atoms. The zero-order valence-electron chi connectivity index (χ0n) is 12.4. The number of aryl methyl sites for hydroxylation is 1. The monoisotopic (exact) mass is 331 g/mol. The molecular formula is C15H23Cl2N3O. The lowest BCUT2D eigenvalue weighted by atomic mass is 10.1. The molecule has 118 valence electrons. The minimum Gasteiger partial charge on any atom is -0.330 e. The number of hydrogen-bond acceptors (Lipinski definition) is 3. The first kappa shape index (κ1) is 18.2. The first-order valence-corrected chi connectivity index (χ1v) is 7.37. The molecule has 2 atom stereocenters. The summed E-state index contributed by atoms with van der Waals surface area (Å²) < 4.78 is 0. The normalized spacial score (nSPS) is 21.9. The highest BCUT2D eigenvalue weighted by molar-refractivity contribution is 6.31. The second kappa shape index (κ2) is 7.99. The molecule has 21 heavy (non-hydrogen) atoms. The number of anilines is 1. The average Bonchev–Trinajstić information content (AvgIpc) is 2.74. The number of benzene rings is 1. The maximum Gasteiger partial charge on any atom is 0.238 e. The molecule has 1 aliphatic rings. The second-order valence-corrected chi connectivity index (χ2v) is 6.06. The number of likely N-dealkylation sites (tertiary alicyclic amines) is 1. The van der Waals surface area contributed by atoms with Crippen molar-refractivity contribution in [3.05, 3.63) is 28.8 Å². The minimum atomic E-state index is -0.000104. The summed E-state index contributed by atoms with van der Waals surface area (Å²) in [5, 5.41) is 3.56. The van der Waals surface area contributed by atoms with Crippen LogP contribution >= 0.6 is 24.0 Å². The van der Waals surface area contributed by atoms with E-state index in [4.69, 9.17) is 17.3 Å². The summed E-state index contributed by atoms with van der Waals surface area (Å²) in [7, 11) is 0. The molecular weight excluding hydrogens is 309 g/mol. The van der Waals surface area contributed by atoms with E-state index in [0.29, 0.717) is 30.1 Å². The third-order valence-corrected chi connectivity index (χ3v) is 4.18. The van der Waals surface area contributed by atoms with Crippen LogP contribution in [0.15, 0.2) is 18.2 Å². The van der Waals surface area contributed by atoms with E-state index < -0.39 is 0 Å². The van der Waals surface area contributed by atoms with Crippen molar-refractivity contribution in [3.63, 3.8) is 0 Å². The van der Waals surface area contributed by atoms with Gasteiger partial charge in [0, 0.05) is 23.3 Å². The fourth-order valence-corrected chi connectivity index (χ4v) is 2.88. The predicted molar refractivity (Wildman–Crippen MR) is 90.3 cm³/mol. The van der Waals surface area contributed by atoms with E-state index >= 15 is 0 Å². The van der Waals surface area contributed by atoms with Crippen LogP contribution in [0.4, 0.5) is 5.69 Å². The van der Waals surface area contributed by atoms with Crippen molar-refractivity contribution in [2.24, 2.45) is 11.7 Å². The molecule has 1 aromatic rings. The largest absolute Gasteiger partial charge is 0.330 e. The third-order valence-electron chi connectivity index (χ3n) is 3.94. The smallest absolute Gasteiger partial charge is 0.238 e. The van der Waals surface area contributed by atoms with Crippen molar-refractivity contribution in [3.8, 4) is 0 Å². The van der Waals surface area contributed by atoms with Crippen LogP contribution < -0.4 is 11.1 Å². The van der Waals surface area contributed by atoms with Gasteiger partial charge in [-0.25, -0.2) is 0 Å². The zero-order chi connectivity index (χ0) is 14.7. The highest BCUT2D eigenvalue weighted by atomic mass is 35.5. The molecule has 4 nitrogen and oxygen atoms in total. The molecule has 0 saturated carbocycles. The Morgan fingerprint density at radius 1 is 1.52 bits per heavy atom. The molecule has 1 heterocycles. The van der Waals surface area contributed by atoms with Gasteiger partial charge in [-0.05, 0) is 50.4 Å². The van der Waals surface area contributed by atoms with E-state index in [0.717, 1.165) is 24.2 Å². The van der Waals surface area contributed by atoms with Crippen LogP contribution in [-0.4, -0.2) is 36.5 Å². The molecule has 1 aromatic carbocycles. The first-order chi connectivity index (χ1) is 9.49. The van der Waals surface area contributed by atoms with Crippen LogP contribution in [0.1, 0.15) is 18.9 Å². The lowest BCUT2D eigenvalue weighted by Crippen LogP contribution is -2.36. The van der Waals surface area contributed by atoms with Crippen molar-refractivity contribution in [1.82, 2.24) is 4.90 Å². The second-order valence-electron chi connectivity index (χ2n) is 5.62.